The zero-order chi connectivity index (χ0) is 12.8. The lowest BCUT2D eigenvalue weighted by Gasteiger charge is -2.09. The number of ether oxygens (including phenoxy) is 1. The van der Waals surface area contributed by atoms with Gasteiger partial charge in [0.25, 0.3) is 0 Å². The number of aryl methyl sites for hydroxylation is 1. The number of guanidine groups is 1. The number of aliphatic imine (C=N–C) groups is 1. The fourth-order valence-corrected chi connectivity index (χ4v) is 1.68. The average Bonchev–Trinajstić information content (AvgIpc) is 2.27. The molecule has 0 bridgehead atoms. The first kappa shape index (κ1) is 13.1. The maximum atomic E-state index is 5.30. The van der Waals surface area contributed by atoms with Gasteiger partial charge in [-0.15, -0.1) is 0 Å². The number of allylic oxidation sites excluding steroid dienone is 1. The molecule has 0 atom stereocenters. The molecule has 0 aromatic heterocycles. The third-order valence-electron chi connectivity index (χ3n) is 2.42. The second-order valence-electron chi connectivity index (χ2n) is 3.78. The van der Waals surface area contributed by atoms with Gasteiger partial charge in [0, 0.05) is 12.1 Å². The molecule has 0 heterocycles. The van der Waals surface area contributed by atoms with Gasteiger partial charge in [0.15, 0.2) is 5.96 Å². The van der Waals surface area contributed by atoms with Crippen LogP contribution in [0.2, 0.25) is 0 Å². The molecule has 0 unspecified atom stereocenters. The molecular weight excluding hydrogens is 214 g/mol. The zero-order valence-electron chi connectivity index (χ0n) is 10.4. The van der Waals surface area contributed by atoms with Gasteiger partial charge in [0.2, 0.25) is 0 Å². The number of nitrogens with two attached hydrogens (primary N) is 2. The van der Waals surface area contributed by atoms with Crippen LogP contribution in [0.15, 0.2) is 35.5 Å². The van der Waals surface area contributed by atoms with Crippen molar-refractivity contribution < 1.29 is 4.74 Å². The topological polar surface area (TPSA) is 73.6 Å². The molecule has 0 amide bonds. The van der Waals surface area contributed by atoms with E-state index >= 15 is 0 Å². The maximum Gasteiger partial charge on any atom is 0.190 e. The third-order valence-corrected chi connectivity index (χ3v) is 2.42. The molecule has 0 radical (unpaired) electrons. The highest BCUT2D eigenvalue weighted by Gasteiger charge is 2.03. The van der Waals surface area contributed by atoms with E-state index in [0.29, 0.717) is 12.1 Å². The molecule has 0 aliphatic heterocycles. The fraction of sp³-hybridized carbons (Fsp3) is 0.308. The minimum absolute atomic E-state index is 0.0410. The Bertz CT molecular complexity index is 434. The highest BCUT2D eigenvalue weighted by molar-refractivity contribution is 5.76. The van der Waals surface area contributed by atoms with Crippen molar-refractivity contribution in [3.8, 4) is 5.75 Å². The van der Waals surface area contributed by atoms with E-state index < -0.39 is 0 Å². The van der Waals surface area contributed by atoms with Crippen molar-refractivity contribution in [3.63, 3.8) is 0 Å². The summed E-state index contributed by atoms with van der Waals surface area (Å²) in [4.78, 5) is 3.92. The van der Waals surface area contributed by atoms with Gasteiger partial charge in [0.1, 0.15) is 5.75 Å². The van der Waals surface area contributed by atoms with Gasteiger partial charge in [-0.2, -0.15) is 0 Å². The Balaban J connectivity index is 2.86. The molecule has 1 aromatic carbocycles. The molecule has 1 aromatic rings. The normalized spacial score (nSPS) is 9.76. The smallest absolute Gasteiger partial charge is 0.190 e. The van der Waals surface area contributed by atoms with E-state index in [9.17, 15) is 0 Å². The van der Waals surface area contributed by atoms with Gasteiger partial charge < -0.3 is 16.2 Å². The van der Waals surface area contributed by atoms with Crippen LogP contribution in [0.1, 0.15) is 18.1 Å². The first-order valence-electron chi connectivity index (χ1n) is 5.50. The van der Waals surface area contributed by atoms with Crippen LogP contribution in [0.4, 0.5) is 0 Å². The third kappa shape index (κ3) is 3.83. The van der Waals surface area contributed by atoms with Gasteiger partial charge in [-0.25, -0.2) is 4.99 Å². The summed E-state index contributed by atoms with van der Waals surface area (Å²) < 4.78 is 5.27. The Labute approximate surface area is 102 Å². The van der Waals surface area contributed by atoms with Crippen LogP contribution in [0.25, 0.3) is 0 Å². The Morgan fingerprint density at radius 1 is 1.41 bits per heavy atom. The summed E-state index contributed by atoms with van der Waals surface area (Å²) in [7, 11) is 1.67. The highest BCUT2D eigenvalue weighted by Crippen LogP contribution is 2.21. The van der Waals surface area contributed by atoms with Crippen LogP contribution in [-0.2, 0) is 12.8 Å². The average molecular weight is 233 g/mol. The van der Waals surface area contributed by atoms with Crippen molar-refractivity contribution in [2.75, 3.05) is 7.11 Å². The van der Waals surface area contributed by atoms with Crippen LogP contribution in [0.3, 0.4) is 0 Å². The van der Waals surface area contributed by atoms with Crippen molar-refractivity contribution >= 4 is 5.96 Å². The quantitative estimate of drug-likeness (QED) is 0.599. The van der Waals surface area contributed by atoms with Crippen LogP contribution in [0, 0.1) is 0 Å². The zero-order valence-corrected chi connectivity index (χ0v) is 10.4. The van der Waals surface area contributed by atoms with E-state index in [1.54, 1.807) is 7.11 Å². The molecule has 0 spiro atoms. The van der Waals surface area contributed by atoms with E-state index in [-0.39, 0.29) is 5.96 Å². The predicted molar refractivity (Wildman–Crippen MR) is 71.0 cm³/mol. The molecule has 0 saturated heterocycles. The molecular formula is C13H19N3O. The number of benzene rings is 1. The van der Waals surface area contributed by atoms with Gasteiger partial charge in [0.05, 0.1) is 7.11 Å². The van der Waals surface area contributed by atoms with E-state index in [1.807, 2.05) is 12.1 Å². The van der Waals surface area contributed by atoms with Crippen molar-refractivity contribution in [1.29, 1.82) is 0 Å². The van der Waals surface area contributed by atoms with Gasteiger partial charge in [-0.3, -0.25) is 0 Å². The number of methoxy groups -OCH3 is 1. The minimum atomic E-state index is 0.0410. The standard InChI is InChI=1S/C13H19N3O/c1-4-11-8-10(5-6-12(11)17-3)7-9(2)16-13(14)15/h5-6,8H,2,4,7H2,1,3H3,(H4,14,15,16). The molecule has 0 fully saturated rings. The second-order valence-corrected chi connectivity index (χ2v) is 3.78. The monoisotopic (exact) mass is 233 g/mol. The largest absolute Gasteiger partial charge is 0.496 e. The van der Waals surface area contributed by atoms with E-state index in [0.717, 1.165) is 17.7 Å². The Kier molecular flexibility index (Phi) is 4.57. The molecule has 1 rings (SSSR count). The van der Waals surface area contributed by atoms with Crippen molar-refractivity contribution in [3.05, 3.63) is 41.6 Å². The second kappa shape index (κ2) is 5.94. The number of hydrogen-bond donors (Lipinski definition) is 2. The molecule has 4 heteroatoms. The number of nitrogens with zero attached hydrogens (tertiary/aromatic N) is 1. The Hall–Kier alpha value is -1.97. The summed E-state index contributed by atoms with van der Waals surface area (Å²) in [5.41, 5.74) is 13.5. The summed E-state index contributed by atoms with van der Waals surface area (Å²) in [6.45, 7) is 5.90. The summed E-state index contributed by atoms with van der Waals surface area (Å²) >= 11 is 0. The molecule has 0 aliphatic carbocycles. The van der Waals surface area contributed by atoms with Gasteiger partial charge in [-0.1, -0.05) is 25.6 Å². The lowest BCUT2D eigenvalue weighted by molar-refractivity contribution is 0.410. The Morgan fingerprint density at radius 2 is 2.12 bits per heavy atom. The van der Waals surface area contributed by atoms with Crippen LogP contribution in [-0.4, -0.2) is 13.1 Å². The first-order valence-corrected chi connectivity index (χ1v) is 5.50. The minimum Gasteiger partial charge on any atom is -0.496 e. The van der Waals surface area contributed by atoms with Crippen molar-refractivity contribution in [1.82, 2.24) is 0 Å². The van der Waals surface area contributed by atoms with E-state index in [2.05, 4.69) is 24.6 Å². The first-order chi connectivity index (χ1) is 8.06. The van der Waals surface area contributed by atoms with Crippen molar-refractivity contribution in [2.45, 2.75) is 19.8 Å². The summed E-state index contributed by atoms with van der Waals surface area (Å²) in [6, 6.07) is 6.04. The molecule has 0 saturated carbocycles. The van der Waals surface area contributed by atoms with Crippen LogP contribution >= 0.6 is 0 Å². The summed E-state index contributed by atoms with van der Waals surface area (Å²) in [5, 5.41) is 0. The van der Waals surface area contributed by atoms with Gasteiger partial charge in [-0.05, 0) is 23.6 Å². The lowest BCUT2D eigenvalue weighted by Crippen LogP contribution is -2.22. The predicted octanol–water partition coefficient (Wildman–Crippen LogP) is 1.59. The van der Waals surface area contributed by atoms with Crippen LogP contribution in [0.5, 0.6) is 5.75 Å². The summed E-state index contributed by atoms with van der Waals surface area (Å²) in [6.07, 6.45) is 1.56. The molecule has 4 nitrogen and oxygen atoms in total. The SMILES string of the molecule is C=C(Cc1ccc(OC)c(CC)c1)N=C(N)N. The van der Waals surface area contributed by atoms with Crippen molar-refractivity contribution in [2.24, 2.45) is 16.5 Å². The maximum absolute atomic E-state index is 5.30. The molecule has 4 N–H and O–H groups in total. The molecule has 17 heavy (non-hydrogen) atoms. The van der Waals surface area contributed by atoms with Crippen LogP contribution < -0.4 is 16.2 Å². The molecule has 92 valence electrons. The Morgan fingerprint density at radius 3 is 2.65 bits per heavy atom. The highest BCUT2D eigenvalue weighted by atomic mass is 16.5. The molecule has 0 aliphatic rings. The lowest BCUT2D eigenvalue weighted by atomic mass is 10.0. The summed E-state index contributed by atoms with van der Waals surface area (Å²) in [5.74, 6) is 0.947. The van der Waals surface area contributed by atoms with E-state index in [1.165, 1.54) is 5.56 Å². The van der Waals surface area contributed by atoms with Gasteiger partial charge >= 0.3 is 0 Å². The fourth-order valence-electron chi connectivity index (χ4n) is 1.68. The number of hydrogen-bond acceptors (Lipinski definition) is 2. The van der Waals surface area contributed by atoms with E-state index in [4.69, 9.17) is 16.2 Å². The number of rotatable bonds is 5.